The largest absolute Gasteiger partial charge is 0.341 e. The van der Waals surface area contributed by atoms with E-state index in [4.69, 9.17) is 0 Å². The molecule has 0 bridgehead atoms. The second-order valence-electron chi connectivity index (χ2n) is 6.29. The Kier molecular flexibility index (Phi) is 5.84. The second kappa shape index (κ2) is 8.30. The van der Waals surface area contributed by atoms with E-state index in [9.17, 15) is 19.7 Å². The van der Waals surface area contributed by atoms with Gasteiger partial charge < -0.3 is 4.90 Å². The molecule has 0 aliphatic carbocycles. The fraction of sp³-hybridized carbons (Fsp3) is 0.211. The van der Waals surface area contributed by atoms with E-state index >= 15 is 0 Å². The first-order valence-corrected chi connectivity index (χ1v) is 9.27. The topological polar surface area (TPSA) is 98.3 Å². The fourth-order valence-electron chi connectivity index (χ4n) is 2.86. The van der Waals surface area contributed by atoms with Crippen LogP contribution in [0.1, 0.15) is 12.0 Å². The molecule has 28 heavy (non-hydrogen) atoms. The third-order valence-corrected chi connectivity index (χ3v) is 4.87. The second-order valence-corrected chi connectivity index (χ2v) is 7.21. The zero-order valence-corrected chi connectivity index (χ0v) is 16.6. The number of benzene rings is 2. The van der Waals surface area contributed by atoms with Crippen LogP contribution < -0.4 is 5.56 Å². The molecule has 0 aliphatic heterocycles. The highest BCUT2D eigenvalue weighted by molar-refractivity contribution is 9.10. The predicted octanol–water partition coefficient (Wildman–Crippen LogP) is 3.12. The third-order valence-electron chi connectivity index (χ3n) is 4.37. The molecular formula is C19H17BrN4O4. The zero-order valence-electron chi connectivity index (χ0n) is 15.0. The minimum Gasteiger partial charge on any atom is -0.341 e. The van der Waals surface area contributed by atoms with Gasteiger partial charge in [0.25, 0.3) is 11.2 Å². The van der Waals surface area contributed by atoms with Crippen molar-refractivity contribution in [2.45, 2.75) is 19.5 Å². The van der Waals surface area contributed by atoms with Crippen molar-refractivity contribution in [1.82, 2.24) is 14.5 Å². The Hall–Kier alpha value is -3.07. The van der Waals surface area contributed by atoms with Crippen LogP contribution in [-0.4, -0.2) is 32.3 Å². The molecule has 3 aromatic rings. The van der Waals surface area contributed by atoms with Gasteiger partial charge in [0.1, 0.15) is 0 Å². The van der Waals surface area contributed by atoms with Gasteiger partial charge in [-0.05, 0) is 18.2 Å². The number of nitrogens with zero attached hydrogens (tertiary/aromatic N) is 4. The summed E-state index contributed by atoms with van der Waals surface area (Å²) in [6.45, 7) is 0.294. The maximum atomic E-state index is 12.6. The van der Waals surface area contributed by atoms with E-state index < -0.39 is 4.92 Å². The van der Waals surface area contributed by atoms with Crippen LogP contribution in [0.2, 0.25) is 0 Å². The molecule has 144 valence electrons. The van der Waals surface area contributed by atoms with Gasteiger partial charge in [-0.25, -0.2) is 4.98 Å². The van der Waals surface area contributed by atoms with E-state index in [1.165, 1.54) is 21.9 Å². The number of para-hydroxylation sites is 1. The van der Waals surface area contributed by atoms with Crippen LogP contribution in [0.4, 0.5) is 5.69 Å². The number of amides is 1. The van der Waals surface area contributed by atoms with Crippen LogP contribution in [0.25, 0.3) is 10.9 Å². The molecule has 0 unspecified atom stereocenters. The van der Waals surface area contributed by atoms with Crippen LogP contribution in [-0.2, 0) is 17.9 Å². The lowest BCUT2D eigenvalue weighted by Crippen LogP contribution is -2.29. The SMILES string of the molecule is CN(Cc1ccccc1[N+](=O)[O-])C(=O)CCn1cnc2ccc(Br)cc2c1=O. The number of aryl methyl sites for hydroxylation is 1. The molecular weight excluding hydrogens is 428 g/mol. The van der Waals surface area contributed by atoms with Gasteiger partial charge in [-0.2, -0.15) is 0 Å². The van der Waals surface area contributed by atoms with E-state index in [1.54, 1.807) is 43.4 Å². The lowest BCUT2D eigenvalue weighted by atomic mass is 10.1. The van der Waals surface area contributed by atoms with Gasteiger partial charge in [0.15, 0.2) is 0 Å². The number of carbonyl (C=O) groups excluding carboxylic acids is 1. The number of hydrogen-bond acceptors (Lipinski definition) is 5. The van der Waals surface area contributed by atoms with E-state index in [-0.39, 0.29) is 36.7 Å². The summed E-state index contributed by atoms with van der Waals surface area (Å²) in [5, 5.41) is 11.6. The van der Waals surface area contributed by atoms with Crippen LogP contribution in [0.15, 0.2) is 58.1 Å². The van der Waals surface area contributed by atoms with Crippen molar-refractivity contribution in [2.75, 3.05) is 7.05 Å². The van der Waals surface area contributed by atoms with Crippen LogP contribution in [0, 0.1) is 10.1 Å². The summed E-state index contributed by atoms with van der Waals surface area (Å²) in [6.07, 6.45) is 1.51. The molecule has 1 heterocycles. The Balaban J connectivity index is 1.70. The average Bonchev–Trinajstić information content (AvgIpc) is 2.68. The van der Waals surface area contributed by atoms with Crippen molar-refractivity contribution in [2.24, 2.45) is 0 Å². The van der Waals surface area contributed by atoms with Crippen LogP contribution >= 0.6 is 15.9 Å². The lowest BCUT2D eigenvalue weighted by Gasteiger charge is -2.17. The zero-order chi connectivity index (χ0) is 20.3. The number of rotatable bonds is 6. The summed E-state index contributed by atoms with van der Waals surface area (Å²) in [5.74, 6) is -0.223. The van der Waals surface area contributed by atoms with Gasteiger partial charge in [-0.15, -0.1) is 0 Å². The molecule has 0 saturated carbocycles. The van der Waals surface area contributed by atoms with Gasteiger partial charge in [0.2, 0.25) is 5.91 Å². The Bertz CT molecular complexity index is 1110. The number of hydrogen-bond donors (Lipinski definition) is 0. The van der Waals surface area contributed by atoms with Gasteiger partial charge >= 0.3 is 0 Å². The summed E-state index contributed by atoms with van der Waals surface area (Å²) in [5.41, 5.74) is 0.796. The van der Waals surface area contributed by atoms with E-state index in [0.29, 0.717) is 16.5 Å². The van der Waals surface area contributed by atoms with Gasteiger partial charge in [-0.3, -0.25) is 24.3 Å². The van der Waals surface area contributed by atoms with Crippen molar-refractivity contribution in [3.8, 4) is 0 Å². The molecule has 1 aromatic heterocycles. The summed E-state index contributed by atoms with van der Waals surface area (Å²) < 4.78 is 2.17. The maximum absolute atomic E-state index is 12.6. The first-order chi connectivity index (χ1) is 13.4. The Morgan fingerprint density at radius 1 is 1.29 bits per heavy atom. The molecule has 8 nitrogen and oxygen atoms in total. The van der Waals surface area contributed by atoms with Crippen LogP contribution in [0.5, 0.6) is 0 Å². The van der Waals surface area contributed by atoms with E-state index in [2.05, 4.69) is 20.9 Å². The minimum atomic E-state index is -0.466. The predicted molar refractivity (Wildman–Crippen MR) is 108 cm³/mol. The number of fused-ring (bicyclic) bond motifs is 1. The quantitative estimate of drug-likeness (QED) is 0.429. The minimum absolute atomic E-state index is 0.0253. The first kappa shape index (κ1) is 19.7. The Labute approximate surface area is 168 Å². The van der Waals surface area contributed by atoms with Crippen molar-refractivity contribution in [3.63, 3.8) is 0 Å². The number of halogens is 1. The molecule has 0 fully saturated rings. The molecule has 0 saturated heterocycles. The normalized spacial score (nSPS) is 10.8. The number of nitro groups is 1. The highest BCUT2D eigenvalue weighted by atomic mass is 79.9. The molecule has 3 rings (SSSR count). The number of aromatic nitrogens is 2. The monoisotopic (exact) mass is 444 g/mol. The standard InChI is InChI=1S/C19H17BrN4O4/c1-22(11-13-4-2-3-5-17(13)24(27)28)18(25)8-9-23-12-21-16-7-6-14(20)10-15(16)19(23)26/h2-7,10,12H,8-9,11H2,1H3. The Morgan fingerprint density at radius 2 is 2.04 bits per heavy atom. The summed E-state index contributed by atoms with van der Waals surface area (Å²) in [4.78, 5) is 41.3. The van der Waals surface area contributed by atoms with Crippen molar-refractivity contribution < 1.29 is 9.72 Å². The van der Waals surface area contributed by atoms with Crippen LogP contribution in [0.3, 0.4) is 0 Å². The first-order valence-electron chi connectivity index (χ1n) is 8.48. The molecule has 0 atom stereocenters. The number of nitro benzene ring substituents is 1. The molecule has 0 aliphatic rings. The van der Waals surface area contributed by atoms with Gasteiger partial charge in [-0.1, -0.05) is 34.1 Å². The van der Waals surface area contributed by atoms with Gasteiger partial charge in [0, 0.05) is 36.1 Å². The number of carbonyl (C=O) groups is 1. The highest BCUT2D eigenvalue weighted by Crippen LogP contribution is 2.19. The Morgan fingerprint density at radius 3 is 2.79 bits per heavy atom. The van der Waals surface area contributed by atoms with E-state index in [1.807, 2.05) is 0 Å². The summed E-state index contributed by atoms with van der Waals surface area (Å²) in [7, 11) is 1.58. The molecule has 0 N–H and O–H groups in total. The maximum Gasteiger partial charge on any atom is 0.274 e. The third kappa shape index (κ3) is 4.25. The summed E-state index contributed by atoms with van der Waals surface area (Å²) >= 11 is 3.34. The molecule has 0 radical (unpaired) electrons. The molecule has 1 amide bonds. The molecule has 9 heteroatoms. The lowest BCUT2D eigenvalue weighted by molar-refractivity contribution is -0.385. The molecule has 2 aromatic carbocycles. The highest BCUT2D eigenvalue weighted by Gasteiger charge is 2.17. The van der Waals surface area contributed by atoms with Crippen molar-refractivity contribution in [3.05, 3.63) is 79.3 Å². The smallest absolute Gasteiger partial charge is 0.274 e. The van der Waals surface area contributed by atoms with E-state index in [0.717, 1.165) is 4.47 Å². The van der Waals surface area contributed by atoms with Crippen molar-refractivity contribution >= 4 is 38.4 Å². The van der Waals surface area contributed by atoms with Crippen molar-refractivity contribution in [1.29, 1.82) is 0 Å². The van der Waals surface area contributed by atoms with Gasteiger partial charge in [0.05, 0.1) is 28.7 Å². The summed E-state index contributed by atoms with van der Waals surface area (Å²) in [6, 6.07) is 11.6. The fourth-order valence-corrected chi connectivity index (χ4v) is 3.22. The average molecular weight is 445 g/mol. The molecule has 0 spiro atoms.